The first-order valence-corrected chi connectivity index (χ1v) is 11.1. The highest BCUT2D eigenvalue weighted by Gasteiger charge is 2.22. The predicted octanol–water partition coefficient (Wildman–Crippen LogP) is 4.17. The van der Waals surface area contributed by atoms with E-state index in [1.165, 1.54) is 28.7 Å². The zero-order valence-electron chi connectivity index (χ0n) is 17.9. The summed E-state index contributed by atoms with van der Waals surface area (Å²) in [5.74, 6) is 1.56. The van der Waals surface area contributed by atoms with Crippen LogP contribution < -0.4 is 14.2 Å². The Morgan fingerprint density at radius 3 is 2.53 bits per heavy atom. The molecule has 3 rings (SSSR count). The van der Waals surface area contributed by atoms with Crippen LogP contribution in [0.4, 0.5) is 5.69 Å². The highest BCUT2D eigenvalue weighted by Crippen LogP contribution is 2.38. The SMILES string of the molecule is CCOc1cc(/C=N\n2c(COc3ccccc3)nnc2SC)cc([N+](=O)[O-])c1OCC. The fourth-order valence-corrected chi connectivity index (χ4v) is 3.24. The van der Waals surface area contributed by atoms with Crippen LogP contribution in [0.25, 0.3) is 0 Å². The van der Waals surface area contributed by atoms with E-state index in [9.17, 15) is 10.1 Å². The van der Waals surface area contributed by atoms with Gasteiger partial charge in [0.05, 0.1) is 24.4 Å². The van der Waals surface area contributed by atoms with Gasteiger partial charge in [-0.25, -0.2) is 0 Å². The summed E-state index contributed by atoms with van der Waals surface area (Å²) in [5.41, 5.74) is 0.278. The molecule has 0 atom stereocenters. The molecule has 0 spiro atoms. The Balaban J connectivity index is 1.92. The van der Waals surface area contributed by atoms with Gasteiger partial charge in [0.25, 0.3) is 0 Å². The van der Waals surface area contributed by atoms with Crippen LogP contribution in [0.1, 0.15) is 25.2 Å². The van der Waals surface area contributed by atoms with Gasteiger partial charge in [-0.15, -0.1) is 10.2 Å². The van der Waals surface area contributed by atoms with E-state index in [2.05, 4.69) is 15.3 Å². The molecule has 168 valence electrons. The second-order valence-electron chi connectivity index (χ2n) is 6.25. The van der Waals surface area contributed by atoms with Gasteiger partial charge in [0, 0.05) is 11.6 Å². The minimum Gasteiger partial charge on any atom is -0.490 e. The summed E-state index contributed by atoms with van der Waals surface area (Å²) in [5, 5.41) is 24.9. The number of hydrogen-bond donors (Lipinski definition) is 0. The molecular weight excluding hydrogens is 434 g/mol. The summed E-state index contributed by atoms with van der Waals surface area (Å²) < 4.78 is 18.3. The fourth-order valence-electron chi connectivity index (χ4n) is 2.79. The first-order valence-electron chi connectivity index (χ1n) is 9.85. The van der Waals surface area contributed by atoms with Gasteiger partial charge in [-0.05, 0) is 38.3 Å². The lowest BCUT2D eigenvalue weighted by Gasteiger charge is -2.12. The molecule has 0 radical (unpaired) electrons. The molecule has 1 aromatic heterocycles. The maximum atomic E-state index is 11.6. The maximum Gasteiger partial charge on any atom is 0.315 e. The molecule has 0 N–H and O–H groups in total. The Hall–Kier alpha value is -3.60. The van der Waals surface area contributed by atoms with Gasteiger partial charge >= 0.3 is 5.69 Å². The van der Waals surface area contributed by atoms with E-state index in [0.29, 0.717) is 28.9 Å². The molecule has 0 unspecified atom stereocenters. The molecule has 0 saturated heterocycles. The molecule has 2 aromatic carbocycles. The third-order valence-electron chi connectivity index (χ3n) is 4.14. The Kier molecular flexibility index (Phi) is 8.03. The van der Waals surface area contributed by atoms with Crippen LogP contribution in [-0.4, -0.2) is 45.5 Å². The zero-order valence-corrected chi connectivity index (χ0v) is 18.7. The number of nitrogens with zero attached hydrogens (tertiary/aromatic N) is 5. The van der Waals surface area contributed by atoms with Crippen molar-refractivity contribution in [2.24, 2.45) is 5.10 Å². The van der Waals surface area contributed by atoms with Crippen molar-refractivity contribution in [3.05, 3.63) is 64.0 Å². The van der Waals surface area contributed by atoms with Gasteiger partial charge in [0.1, 0.15) is 12.4 Å². The maximum absolute atomic E-state index is 11.6. The van der Waals surface area contributed by atoms with E-state index in [4.69, 9.17) is 14.2 Å². The van der Waals surface area contributed by atoms with Crippen molar-refractivity contribution >= 4 is 23.7 Å². The molecule has 0 amide bonds. The number of nitro groups is 1. The molecular formula is C21H23N5O5S. The summed E-state index contributed by atoms with van der Waals surface area (Å²) in [6.45, 7) is 4.31. The summed E-state index contributed by atoms with van der Waals surface area (Å²) >= 11 is 1.37. The van der Waals surface area contributed by atoms with E-state index >= 15 is 0 Å². The van der Waals surface area contributed by atoms with E-state index in [1.54, 1.807) is 19.9 Å². The number of rotatable bonds is 11. The van der Waals surface area contributed by atoms with Gasteiger partial charge in [0.2, 0.25) is 10.9 Å². The summed E-state index contributed by atoms with van der Waals surface area (Å²) in [6, 6.07) is 12.4. The molecule has 10 nitrogen and oxygen atoms in total. The number of ether oxygens (including phenoxy) is 3. The smallest absolute Gasteiger partial charge is 0.315 e. The van der Waals surface area contributed by atoms with Crippen LogP contribution in [-0.2, 0) is 6.61 Å². The monoisotopic (exact) mass is 457 g/mol. The van der Waals surface area contributed by atoms with Crippen LogP contribution in [0.2, 0.25) is 0 Å². The molecule has 0 saturated carbocycles. The van der Waals surface area contributed by atoms with Crippen molar-refractivity contribution in [1.29, 1.82) is 0 Å². The van der Waals surface area contributed by atoms with Crippen LogP contribution in [0.3, 0.4) is 0 Å². The van der Waals surface area contributed by atoms with Crippen LogP contribution in [0.15, 0.2) is 52.7 Å². The normalized spacial score (nSPS) is 11.0. The van der Waals surface area contributed by atoms with Crippen molar-refractivity contribution in [2.45, 2.75) is 25.6 Å². The van der Waals surface area contributed by atoms with Gasteiger partial charge in [-0.1, -0.05) is 30.0 Å². The minimum atomic E-state index is -0.504. The van der Waals surface area contributed by atoms with Crippen LogP contribution in [0.5, 0.6) is 17.2 Å². The Labute approximate surface area is 189 Å². The first-order chi connectivity index (χ1) is 15.6. The molecule has 0 aliphatic carbocycles. The van der Waals surface area contributed by atoms with Gasteiger partial charge < -0.3 is 14.2 Å². The summed E-state index contributed by atoms with van der Waals surface area (Å²) in [6.07, 6.45) is 3.34. The third-order valence-corrected chi connectivity index (χ3v) is 4.76. The van der Waals surface area contributed by atoms with Crippen molar-refractivity contribution < 1.29 is 19.1 Å². The quantitative estimate of drug-likeness (QED) is 0.182. The van der Waals surface area contributed by atoms with Crippen LogP contribution in [0, 0.1) is 10.1 Å². The van der Waals surface area contributed by atoms with Gasteiger partial charge in [0.15, 0.2) is 11.6 Å². The molecule has 11 heteroatoms. The highest BCUT2D eigenvalue weighted by atomic mass is 32.2. The minimum absolute atomic E-state index is 0.0996. The molecule has 0 bridgehead atoms. The molecule has 32 heavy (non-hydrogen) atoms. The second-order valence-corrected chi connectivity index (χ2v) is 7.02. The van der Waals surface area contributed by atoms with Gasteiger partial charge in [-0.2, -0.15) is 9.78 Å². The van der Waals surface area contributed by atoms with E-state index in [0.717, 1.165) is 0 Å². The number of benzene rings is 2. The van der Waals surface area contributed by atoms with E-state index < -0.39 is 4.92 Å². The molecule has 0 aliphatic rings. The third kappa shape index (κ3) is 5.55. The molecule has 0 fully saturated rings. The number of para-hydroxylation sites is 1. The number of thioether (sulfide) groups is 1. The first kappa shape index (κ1) is 23.1. The zero-order chi connectivity index (χ0) is 22.9. The topological polar surface area (TPSA) is 114 Å². The van der Waals surface area contributed by atoms with E-state index in [1.807, 2.05) is 36.6 Å². The summed E-state index contributed by atoms with van der Waals surface area (Å²) in [7, 11) is 0. The number of hydrogen-bond acceptors (Lipinski definition) is 9. The number of aromatic nitrogens is 3. The lowest BCUT2D eigenvalue weighted by Crippen LogP contribution is -2.06. The second kappa shape index (κ2) is 11.1. The lowest BCUT2D eigenvalue weighted by atomic mass is 10.2. The van der Waals surface area contributed by atoms with Crippen molar-refractivity contribution in [3.8, 4) is 17.2 Å². The Bertz CT molecular complexity index is 1090. The molecule has 0 aliphatic heterocycles. The van der Waals surface area contributed by atoms with E-state index in [-0.39, 0.29) is 30.4 Å². The van der Waals surface area contributed by atoms with Crippen molar-refractivity contribution in [3.63, 3.8) is 0 Å². The average Bonchev–Trinajstić information content (AvgIpc) is 3.20. The lowest BCUT2D eigenvalue weighted by molar-refractivity contribution is -0.385. The van der Waals surface area contributed by atoms with Gasteiger partial charge in [-0.3, -0.25) is 10.1 Å². The molecule has 1 heterocycles. The average molecular weight is 458 g/mol. The predicted molar refractivity (Wildman–Crippen MR) is 121 cm³/mol. The summed E-state index contributed by atoms with van der Waals surface area (Å²) in [4.78, 5) is 11.1. The largest absolute Gasteiger partial charge is 0.490 e. The van der Waals surface area contributed by atoms with Crippen LogP contribution >= 0.6 is 11.8 Å². The fraction of sp³-hybridized carbons (Fsp3) is 0.286. The highest BCUT2D eigenvalue weighted by molar-refractivity contribution is 7.98. The van der Waals surface area contributed by atoms with Crippen molar-refractivity contribution in [2.75, 3.05) is 19.5 Å². The Morgan fingerprint density at radius 2 is 1.88 bits per heavy atom. The standard InChI is InChI=1S/C21H23N5O5S/c1-4-29-18-12-15(11-17(26(27)28)20(18)30-5-2)13-22-25-19(23-24-21(25)32-3)14-31-16-9-7-6-8-10-16/h6-13H,4-5,14H2,1-3H3/b22-13-. The Morgan fingerprint density at radius 1 is 1.12 bits per heavy atom. The molecule has 3 aromatic rings. The number of nitro benzene ring substituents is 1. The van der Waals surface area contributed by atoms with Crippen molar-refractivity contribution in [1.82, 2.24) is 14.9 Å².